The monoisotopic (exact) mass is 426 g/mol. The van der Waals surface area contributed by atoms with Crippen LogP contribution in [0.25, 0.3) is 11.0 Å². The summed E-state index contributed by atoms with van der Waals surface area (Å²) in [5, 5.41) is 11.2. The van der Waals surface area contributed by atoms with E-state index >= 15 is 0 Å². The minimum atomic E-state index is -5.01. The lowest BCUT2D eigenvalue weighted by Gasteiger charge is -2.16. The maximum Gasteiger partial charge on any atom is 0.436 e. The molecule has 0 saturated heterocycles. The van der Waals surface area contributed by atoms with E-state index in [2.05, 4.69) is 10.1 Å². The van der Waals surface area contributed by atoms with Crippen LogP contribution in [0, 0.1) is 0 Å². The molecule has 0 aliphatic heterocycles. The number of alkyl halides is 6. The molecule has 13 heteroatoms. The molecule has 2 aromatic heterocycles. The molecule has 2 heterocycles. The summed E-state index contributed by atoms with van der Waals surface area (Å²) in [7, 11) is 0. The van der Waals surface area contributed by atoms with Gasteiger partial charge in [0.25, 0.3) is 11.6 Å². The fourth-order valence-corrected chi connectivity index (χ4v) is 2.96. The van der Waals surface area contributed by atoms with Crippen molar-refractivity contribution in [3.05, 3.63) is 50.4 Å². The normalized spacial score (nSPS) is 13.9. The highest BCUT2D eigenvalue weighted by molar-refractivity contribution is 6.31. The molecule has 28 heavy (non-hydrogen) atoms. The van der Waals surface area contributed by atoms with Crippen LogP contribution in [0.15, 0.2) is 23.0 Å². The molecule has 3 rings (SSSR count). The molecule has 0 aliphatic carbocycles. The van der Waals surface area contributed by atoms with Crippen molar-refractivity contribution < 1.29 is 31.4 Å². The van der Waals surface area contributed by atoms with Crippen LogP contribution in [0.2, 0.25) is 5.02 Å². The van der Waals surface area contributed by atoms with Gasteiger partial charge in [0, 0.05) is 0 Å². The Bertz CT molecular complexity index is 1120. The van der Waals surface area contributed by atoms with Crippen LogP contribution in [-0.4, -0.2) is 24.9 Å². The summed E-state index contributed by atoms with van der Waals surface area (Å²) in [6.45, 7) is 1.32. The molecular formula is C15H9ClF6N4O2. The number of aromatic hydroxyl groups is 1. The van der Waals surface area contributed by atoms with Crippen molar-refractivity contribution in [2.24, 2.45) is 0 Å². The molecule has 0 fully saturated rings. The minimum Gasteiger partial charge on any atom is -0.480 e. The van der Waals surface area contributed by atoms with Gasteiger partial charge in [-0.3, -0.25) is 9.78 Å². The number of aromatic nitrogens is 4. The predicted octanol–water partition coefficient (Wildman–Crippen LogP) is 4.13. The fraction of sp³-hybridized carbons (Fsp3) is 0.267. The second-order valence-electron chi connectivity index (χ2n) is 5.79. The van der Waals surface area contributed by atoms with Crippen molar-refractivity contribution in [2.75, 3.05) is 0 Å². The third kappa shape index (κ3) is 3.39. The van der Waals surface area contributed by atoms with Gasteiger partial charge in [-0.2, -0.15) is 36.4 Å². The van der Waals surface area contributed by atoms with E-state index in [1.54, 1.807) is 4.98 Å². The zero-order valence-corrected chi connectivity index (χ0v) is 14.4. The van der Waals surface area contributed by atoms with Gasteiger partial charge in [0.05, 0.1) is 16.6 Å². The predicted molar refractivity (Wildman–Crippen MR) is 85.1 cm³/mol. The lowest BCUT2D eigenvalue weighted by molar-refractivity contribution is -0.140. The maximum absolute atomic E-state index is 13.3. The first-order valence-corrected chi connectivity index (χ1v) is 7.84. The number of fused-ring (bicyclic) bond motifs is 1. The molecule has 0 amide bonds. The number of H-pyrrole nitrogens is 1. The Labute approximate surface area is 156 Å². The van der Waals surface area contributed by atoms with Crippen LogP contribution in [0.3, 0.4) is 0 Å². The number of benzene rings is 1. The lowest BCUT2D eigenvalue weighted by atomic mass is 10.1. The quantitative estimate of drug-likeness (QED) is 0.604. The summed E-state index contributed by atoms with van der Waals surface area (Å²) in [5.74, 6) is 0. The van der Waals surface area contributed by atoms with E-state index in [4.69, 9.17) is 11.6 Å². The molecule has 2 N–H and O–H groups in total. The zero-order chi connectivity index (χ0) is 21.0. The van der Waals surface area contributed by atoms with E-state index in [1.807, 2.05) is 0 Å². The van der Waals surface area contributed by atoms with Crippen molar-refractivity contribution >= 4 is 22.6 Å². The highest BCUT2D eigenvalue weighted by Crippen LogP contribution is 2.37. The largest absolute Gasteiger partial charge is 0.480 e. The van der Waals surface area contributed by atoms with Crippen LogP contribution >= 0.6 is 11.6 Å². The molecule has 0 radical (unpaired) electrons. The molecule has 3 aromatic rings. The van der Waals surface area contributed by atoms with E-state index in [-0.39, 0.29) is 5.56 Å². The Balaban J connectivity index is 2.21. The fourth-order valence-electron chi connectivity index (χ4n) is 2.66. The zero-order valence-electron chi connectivity index (χ0n) is 13.7. The average Bonchev–Trinajstić information content (AvgIpc) is 2.92. The van der Waals surface area contributed by atoms with Crippen molar-refractivity contribution in [3.63, 3.8) is 0 Å². The summed E-state index contributed by atoms with van der Waals surface area (Å²) >= 11 is 5.65. The van der Waals surface area contributed by atoms with Crippen molar-refractivity contribution in [2.45, 2.75) is 25.3 Å². The third-order valence-corrected chi connectivity index (χ3v) is 4.28. The van der Waals surface area contributed by atoms with Crippen LogP contribution in [0.1, 0.15) is 29.8 Å². The van der Waals surface area contributed by atoms with E-state index in [0.29, 0.717) is 10.7 Å². The number of nitrogens with one attached hydrogen (secondary N) is 1. The molecule has 0 aliphatic rings. The second-order valence-corrected chi connectivity index (χ2v) is 6.20. The van der Waals surface area contributed by atoms with Gasteiger partial charge in [0.15, 0.2) is 11.3 Å². The summed E-state index contributed by atoms with van der Waals surface area (Å²) < 4.78 is 79.0. The number of halogens is 7. The summed E-state index contributed by atoms with van der Waals surface area (Å²) in [6, 6.07) is 0.607. The van der Waals surface area contributed by atoms with E-state index < -0.39 is 57.3 Å². The summed E-state index contributed by atoms with van der Waals surface area (Å²) in [5.41, 5.74) is -4.42. The third-order valence-electron chi connectivity index (χ3n) is 3.97. The molecule has 0 spiro atoms. The molecule has 1 atom stereocenters. The highest BCUT2D eigenvalue weighted by Gasteiger charge is 2.39. The number of rotatable bonds is 2. The molecular weight excluding hydrogens is 418 g/mol. The van der Waals surface area contributed by atoms with Crippen LogP contribution < -0.4 is 5.56 Å². The first-order chi connectivity index (χ1) is 12.8. The Kier molecular flexibility index (Phi) is 4.57. The van der Waals surface area contributed by atoms with Gasteiger partial charge in [-0.05, 0) is 24.6 Å². The molecule has 6 nitrogen and oxygen atoms in total. The Morgan fingerprint density at radius 1 is 1.18 bits per heavy atom. The van der Waals surface area contributed by atoms with Gasteiger partial charge in [-0.1, -0.05) is 17.7 Å². The number of hydrogen-bond acceptors (Lipinski definition) is 4. The second kappa shape index (κ2) is 6.40. The summed E-state index contributed by atoms with van der Waals surface area (Å²) in [4.78, 5) is 17.1. The average molecular weight is 427 g/mol. The lowest BCUT2D eigenvalue weighted by Crippen LogP contribution is -2.13. The molecule has 0 bridgehead atoms. The summed E-state index contributed by atoms with van der Waals surface area (Å²) in [6.07, 6.45) is -9.71. The van der Waals surface area contributed by atoms with Crippen molar-refractivity contribution in [1.29, 1.82) is 0 Å². The Morgan fingerprint density at radius 3 is 2.36 bits per heavy atom. The first-order valence-electron chi connectivity index (χ1n) is 7.46. The Hall–Kier alpha value is -2.76. The number of aromatic amines is 1. The van der Waals surface area contributed by atoms with Gasteiger partial charge in [-0.25, -0.2) is 4.68 Å². The van der Waals surface area contributed by atoms with Crippen LogP contribution in [-0.2, 0) is 12.4 Å². The van der Waals surface area contributed by atoms with Gasteiger partial charge in [0.1, 0.15) is 5.39 Å². The number of hydrogen-bond donors (Lipinski definition) is 2. The Morgan fingerprint density at radius 2 is 1.82 bits per heavy atom. The number of nitrogens with zero attached hydrogens (tertiary/aromatic N) is 3. The van der Waals surface area contributed by atoms with Crippen molar-refractivity contribution in [3.8, 4) is 6.01 Å². The molecule has 0 unspecified atom stereocenters. The van der Waals surface area contributed by atoms with E-state index in [0.717, 1.165) is 12.1 Å². The molecule has 150 valence electrons. The topological polar surface area (TPSA) is 83.8 Å². The first kappa shape index (κ1) is 20.0. The van der Waals surface area contributed by atoms with E-state index in [9.17, 15) is 36.2 Å². The standard InChI is InChI=1S/C15H9ClF6N4O2/c1-5(6-2-3-7(8(16)4-6)14(17,18)19)26-11-9(10(25-26)15(20,21)22)12(27)24-13(28)23-11/h2-5H,1H3,(H2,23,24,27,28)/t5-/m0/s1. The SMILES string of the molecule is C[C@@H](c1ccc(C(F)(F)F)c(Cl)c1)n1nc(C(F)(F)F)c2c(=O)[nH]c(O)nc21. The molecule has 1 aromatic carbocycles. The van der Waals surface area contributed by atoms with E-state index in [1.165, 1.54) is 6.92 Å². The maximum atomic E-state index is 13.3. The van der Waals surface area contributed by atoms with Gasteiger partial charge in [0.2, 0.25) is 0 Å². The minimum absolute atomic E-state index is 0.0812. The van der Waals surface area contributed by atoms with Gasteiger partial charge < -0.3 is 5.11 Å². The van der Waals surface area contributed by atoms with Gasteiger partial charge >= 0.3 is 12.4 Å². The van der Waals surface area contributed by atoms with Gasteiger partial charge in [-0.15, -0.1) is 0 Å². The highest BCUT2D eigenvalue weighted by atomic mass is 35.5. The van der Waals surface area contributed by atoms with Crippen LogP contribution in [0.4, 0.5) is 26.3 Å². The molecule has 0 saturated carbocycles. The smallest absolute Gasteiger partial charge is 0.436 e. The van der Waals surface area contributed by atoms with Crippen LogP contribution in [0.5, 0.6) is 6.01 Å². The van der Waals surface area contributed by atoms with Crippen molar-refractivity contribution in [1.82, 2.24) is 19.7 Å².